The lowest BCUT2D eigenvalue weighted by molar-refractivity contribution is -0.140. The van der Waals surface area contributed by atoms with Gasteiger partial charge >= 0.3 is 13.8 Å². The molecule has 1 aliphatic carbocycles. The molecule has 0 aliphatic heterocycles. The molecule has 0 aromatic rings. The molecule has 0 spiro atoms. The Labute approximate surface area is 185 Å². The van der Waals surface area contributed by atoms with Gasteiger partial charge in [0.25, 0.3) is 0 Å². The lowest BCUT2D eigenvalue weighted by Crippen LogP contribution is -2.24. The Kier molecular flexibility index (Phi) is 12.2. The van der Waals surface area contributed by atoms with E-state index in [1.54, 1.807) is 19.1 Å². The van der Waals surface area contributed by atoms with Gasteiger partial charge in [0.2, 0.25) is 0 Å². The number of hydrogen-bond acceptors (Lipinski definition) is 6. The van der Waals surface area contributed by atoms with Crippen molar-refractivity contribution in [2.75, 3.05) is 7.11 Å². The largest absolute Gasteiger partial charge is 0.469 e. The number of ketones is 1. The van der Waals surface area contributed by atoms with Gasteiger partial charge in [0, 0.05) is 24.7 Å². The number of Topliss-reactive ketones (excluding diaryl/α,β-unsaturated/α-hetero) is 1. The standard InChI is InChI=1S/C22H39O8P/c1-4-5-14-22(2,25)15-10-12-18-17(11-8-6-7-9-13-21(24)29-3)19(23)16-20(18)30-31(26,27)28/h10,12,17-18,20,25H,4-9,11,13-16H2,1-3H3,(H2,26,27,28)/b12-10+/t17-,18-,20-,22?/m1/s1. The third kappa shape index (κ3) is 11.4. The first-order chi connectivity index (χ1) is 14.5. The van der Waals surface area contributed by atoms with E-state index < -0.39 is 25.4 Å². The molecule has 0 aromatic heterocycles. The molecule has 0 heterocycles. The predicted octanol–water partition coefficient (Wildman–Crippen LogP) is 4.07. The first kappa shape index (κ1) is 28.0. The van der Waals surface area contributed by atoms with Crippen LogP contribution in [-0.4, -0.2) is 45.5 Å². The van der Waals surface area contributed by atoms with E-state index in [0.717, 1.165) is 38.5 Å². The lowest BCUT2D eigenvalue weighted by Gasteiger charge is -2.23. The van der Waals surface area contributed by atoms with Crippen molar-refractivity contribution in [1.29, 1.82) is 0 Å². The normalized spacial score (nSPS) is 23.9. The fraction of sp³-hybridized carbons (Fsp3) is 0.818. The van der Waals surface area contributed by atoms with Crippen LogP contribution in [0.4, 0.5) is 0 Å². The molecule has 1 saturated carbocycles. The molecule has 1 rings (SSSR count). The zero-order valence-corrected chi connectivity index (χ0v) is 19.9. The molecule has 8 nitrogen and oxygen atoms in total. The van der Waals surface area contributed by atoms with Gasteiger partial charge in [-0.1, -0.05) is 51.2 Å². The highest BCUT2D eigenvalue weighted by Gasteiger charge is 2.43. The number of carbonyl (C=O) groups excluding carboxylic acids is 2. The highest BCUT2D eigenvalue weighted by Crippen LogP contribution is 2.46. The van der Waals surface area contributed by atoms with Crippen LogP contribution in [0.2, 0.25) is 0 Å². The lowest BCUT2D eigenvalue weighted by atomic mass is 9.87. The quantitative estimate of drug-likeness (QED) is 0.144. The fourth-order valence-corrected chi connectivity index (χ4v) is 4.65. The monoisotopic (exact) mass is 462 g/mol. The molecule has 3 N–H and O–H groups in total. The SMILES string of the molecule is CCCCC(C)(O)C/C=C/[C@H]1[C@H](OP(=O)(O)O)CC(=O)[C@@H]1CCCCCCC(=O)OC. The Morgan fingerprint density at radius 2 is 1.90 bits per heavy atom. The van der Waals surface area contributed by atoms with Gasteiger partial charge in [-0.25, -0.2) is 4.57 Å². The van der Waals surface area contributed by atoms with Crippen molar-refractivity contribution >= 4 is 19.6 Å². The van der Waals surface area contributed by atoms with Gasteiger partial charge in [-0.15, -0.1) is 0 Å². The molecular formula is C22H39O8P. The first-order valence-corrected chi connectivity index (χ1v) is 12.7. The Balaban J connectivity index is 2.70. The molecule has 0 bridgehead atoms. The van der Waals surface area contributed by atoms with E-state index >= 15 is 0 Å². The molecule has 0 aromatic carbocycles. The minimum atomic E-state index is -4.72. The van der Waals surface area contributed by atoms with E-state index in [1.165, 1.54) is 7.11 Å². The van der Waals surface area contributed by atoms with Crippen LogP contribution >= 0.6 is 7.82 Å². The fourth-order valence-electron chi connectivity index (χ4n) is 4.08. The average Bonchev–Trinajstić information content (AvgIpc) is 2.95. The Morgan fingerprint density at radius 3 is 2.52 bits per heavy atom. The summed E-state index contributed by atoms with van der Waals surface area (Å²) in [4.78, 5) is 42.2. The maximum atomic E-state index is 12.6. The van der Waals surface area contributed by atoms with Crippen molar-refractivity contribution in [2.24, 2.45) is 11.8 Å². The summed E-state index contributed by atoms with van der Waals surface area (Å²) in [6.45, 7) is 3.82. The second-order valence-corrected chi connectivity index (χ2v) is 9.94. The summed E-state index contributed by atoms with van der Waals surface area (Å²) >= 11 is 0. The van der Waals surface area contributed by atoms with Gasteiger partial charge in [-0.05, 0) is 32.6 Å². The second-order valence-electron chi connectivity index (χ2n) is 8.75. The van der Waals surface area contributed by atoms with Crippen LogP contribution in [-0.2, 0) is 23.4 Å². The summed E-state index contributed by atoms with van der Waals surface area (Å²) in [5, 5.41) is 10.5. The number of ether oxygens (including phenoxy) is 1. The second kappa shape index (κ2) is 13.5. The average molecular weight is 463 g/mol. The summed E-state index contributed by atoms with van der Waals surface area (Å²) in [6, 6.07) is 0. The van der Waals surface area contributed by atoms with E-state index in [0.29, 0.717) is 25.7 Å². The van der Waals surface area contributed by atoms with Crippen LogP contribution in [0.3, 0.4) is 0 Å². The van der Waals surface area contributed by atoms with Crippen LogP contribution in [0.5, 0.6) is 0 Å². The zero-order chi connectivity index (χ0) is 23.5. The first-order valence-electron chi connectivity index (χ1n) is 11.2. The van der Waals surface area contributed by atoms with Crippen molar-refractivity contribution in [3.63, 3.8) is 0 Å². The van der Waals surface area contributed by atoms with Gasteiger partial charge in [-0.2, -0.15) is 0 Å². The zero-order valence-electron chi connectivity index (χ0n) is 19.0. The molecule has 1 aliphatic rings. The van der Waals surface area contributed by atoms with Gasteiger partial charge in [-0.3, -0.25) is 14.1 Å². The summed E-state index contributed by atoms with van der Waals surface area (Å²) in [6.07, 6.45) is 9.83. The number of esters is 1. The summed E-state index contributed by atoms with van der Waals surface area (Å²) in [7, 11) is -3.36. The maximum absolute atomic E-state index is 12.6. The predicted molar refractivity (Wildman–Crippen MR) is 117 cm³/mol. The van der Waals surface area contributed by atoms with E-state index in [9.17, 15) is 29.0 Å². The summed E-state index contributed by atoms with van der Waals surface area (Å²) < 4.78 is 20.9. The van der Waals surface area contributed by atoms with E-state index in [2.05, 4.69) is 11.7 Å². The molecule has 180 valence electrons. The number of rotatable bonds is 15. The van der Waals surface area contributed by atoms with Crippen molar-refractivity contribution in [3.8, 4) is 0 Å². The van der Waals surface area contributed by atoms with Crippen LogP contribution in [0.1, 0.15) is 84.5 Å². The van der Waals surface area contributed by atoms with Crippen LogP contribution in [0.25, 0.3) is 0 Å². The van der Waals surface area contributed by atoms with Gasteiger partial charge in [0.15, 0.2) is 0 Å². The van der Waals surface area contributed by atoms with Gasteiger partial charge in [0.05, 0.1) is 18.8 Å². The molecule has 0 saturated heterocycles. The minimum absolute atomic E-state index is 0.0284. The van der Waals surface area contributed by atoms with Crippen LogP contribution in [0.15, 0.2) is 12.2 Å². The third-order valence-corrected chi connectivity index (χ3v) is 6.39. The number of hydrogen-bond donors (Lipinski definition) is 3. The molecule has 4 atom stereocenters. The minimum Gasteiger partial charge on any atom is -0.469 e. The molecule has 31 heavy (non-hydrogen) atoms. The molecule has 0 radical (unpaired) electrons. The number of methoxy groups -OCH3 is 1. The Hall–Kier alpha value is -1.05. The third-order valence-electron chi connectivity index (χ3n) is 5.84. The highest BCUT2D eigenvalue weighted by atomic mass is 31.2. The van der Waals surface area contributed by atoms with E-state index in [-0.39, 0.29) is 24.1 Å². The number of phosphoric ester groups is 1. The van der Waals surface area contributed by atoms with Crippen molar-refractivity contribution in [2.45, 2.75) is 96.2 Å². The molecular weight excluding hydrogens is 423 g/mol. The van der Waals surface area contributed by atoms with Crippen LogP contribution in [0, 0.1) is 11.8 Å². The van der Waals surface area contributed by atoms with E-state index in [4.69, 9.17) is 4.52 Å². The number of carbonyl (C=O) groups is 2. The molecule has 1 unspecified atom stereocenters. The van der Waals surface area contributed by atoms with E-state index in [1.807, 2.05) is 0 Å². The Morgan fingerprint density at radius 1 is 1.23 bits per heavy atom. The summed E-state index contributed by atoms with van der Waals surface area (Å²) in [5.74, 6) is -1.09. The van der Waals surface area contributed by atoms with Crippen LogP contribution < -0.4 is 0 Å². The smallest absolute Gasteiger partial charge is 0.469 e. The molecule has 1 fully saturated rings. The molecule has 0 amide bonds. The molecule has 9 heteroatoms. The van der Waals surface area contributed by atoms with Gasteiger partial charge in [0.1, 0.15) is 5.78 Å². The maximum Gasteiger partial charge on any atom is 0.469 e. The van der Waals surface area contributed by atoms with Crippen molar-refractivity contribution < 1.29 is 38.3 Å². The van der Waals surface area contributed by atoms with Crippen molar-refractivity contribution in [1.82, 2.24) is 0 Å². The number of phosphoric acid groups is 1. The Bertz CT molecular complexity index is 639. The highest BCUT2D eigenvalue weighted by molar-refractivity contribution is 7.46. The number of unbranched alkanes of at least 4 members (excludes halogenated alkanes) is 4. The van der Waals surface area contributed by atoms with Crippen molar-refractivity contribution in [3.05, 3.63) is 12.2 Å². The number of aliphatic hydroxyl groups is 1. The van der Waals surface area contributed by atoms with Gasteiger partial charge < -0.3 is 19.6 Å². The topological polar surface area (TPSA) is 130 Å². The summed E-state index contributed by atoms with van der Waals surface area (Å²) in [5.41, 5.74) is -0.857.